The molecular weight excluding hydrogens is 160 g/mol. The van der Waals surface area contributed by atoms with Crippen LogP contribution in [0.15, 0.2) is 53.8 Å². The zero-order valence-corrected chi connectivity index (χ0v) is 8.08. The summed E-state index contributed by atoms with van der Waals surface area (Å²) in [5.41, 5.74) is 4.66. The quantitative estimate of drug-likeness (QED) is 0.277. The third-order valence-electron chi connectivity index (χ3n) is 1.36. The molecule has 0 amide bonds. The molecule has 0 spiro atoms. The average Bonchev–Trinajstić information content (AvgIpc) is 2.10. The molecule has 0 saturated carbocycles. The smallest absolute Gasteiger partial charge is 0.150 e. The van der Waals surface area contributed by atoms with Gasteiger partial charge in [0.2, 0.25) is 0 Å². The van der Waals surface area contributed by atoms with E-state index in [0.29, 0.717) is 6.29 Å². The van der Waals surface area contributed by atoms with Gasteiger partial charge in [-0.3, -0.25) is 4.79 Å². The second kappa shape index (κ2) is 7.08. The second-order valence-corrected chi connectivity index (χ2v) is 2.54. The fraction of sp³-hybridized carbons (Fsp3) is 0.167. The maximum atomic E-state index is 9.98. The van der Waals surface area contributed by atoms with Crippen LogP contribution in [0.1, 0.15) is 13.8 Å². The number of allylic oxidation sites excluding steroid dienone is 6. The number of carbonyl (C=O) groups is 1. The third-order valence-corrected chi connectivity index (χ3v) is 1.36. The fourth-order valence-electron chi connectivity index (χ4n) is 0.691. The molecule has 68 valence electrons. The molecule has 0 aromatic rings. The molecule has 0 atom stereocenters. The Bertz CT molecular complexity index is 297. The van der Waals surface area contributed by atoms with E-state index in [2.05, 4.69) is 12.3 Å². The molecule has 1 heteroatoms. The number of rotatable bonds is 4. The summed E-state index contributed by atoms with van der Waals surface area (Å²) in [6.45, 7) is 7.66. The van der Waals surface area contributed by atoms with E-state index in [1.165, 1.54) is 6.08 Å². The monoisotopic (exact) mass is 174 g/mol. The maximum absolute atomic E-state index is 9.98. The Morgan fingerprint density at radius 3 is 2.62 bits per heavy atom. The van der Waals surface area contributed by atoms with Crippen molar-refractivity contribution in [2.45, 2.75) is 13.8 Å². The van der Waals surface area contributed by atoms with Gasteiger partial charge in [0, 0.05) is 6.08 Å². The summed E-state index contributed by atoms with van der Waals surface area (Å²) in [7, 11) is 0. The van der Waals surface area contributed by atoms with Crippen LogP contribution >= 0.6 is 0 Å². The Morgan fingerprint density at radius 1 is 1.46 bits per heavy atom. The van der Waals surface area contributed by atoms with Crippen molar-refractivity contribution in [3.8, 4) is 0 Å². The Balaban J connectivity index is 4.72. The number of aldehydes is 1. The highest BCUT2D eigenvalue weighted by Crippen LogP contribution is 2.07. The van der Waals surface area contributed by atoms with Crippen molar-refractivity contribution in [1.82, 2.24) is 0 Å². The predicted octanol–water partition coefficient (Wildman–Crippen LogP) is 2.98. The zero-order valence-electron chi connectivity index (χ0n) is 8.08. The molecule has 0 aliphatic rings. The van der Waals surface area contributed by atoms with Crippen LogP contribution in [-0.4, -0.2) is 6.29 Å². The van der Waals surface area contributed by atoms with Gasteiger partial charge in [0.1, 0.15) is 0 Å². The molecular formula is C12H14O. The standard InChI is InChI=1S/C12H14O/c1-4-5-8-12(11(2)3)9-6-7-10-13/h4-5,7-10H,2H2,1,3H3. The molecule has 1 nitrogen and oxygen atoms in total. The first kappa shape index (κ1) is 11.4. The Kier molecular flexibility index (Phi) is 6.21. The van der Waals surface area contributed by atoms with Gasteiger partial charge in [-0.2, -0.15) is 0 Å². The van der Waals surface area contributed by atoms with E-state index in [1.807, 2.05) is 32.1 Å². The molecule has 13 heavy (non-hydrogen) atoms. The van der Waals surface area contributed by atoms with Crippen molar-refractivity contribution in [3.05, 3.63) is 53.8 Å². The summed E-state index contributed by atoms with van der Waals surface area (Å²) in [5.74, 6) is 0. The molecule has 0 aliphatic heterocycles. The molecule has 0 bridgehead atoms. The van der Waals surface area contributed by atoms with Crippen molar-refractivity contribution in [2.75, 3.05) is 0 Å². The lowest BCUT2D eigenvalue weighted by Crippen LogP contribution is -1.76. The molecule has 0 aliphatic carbocycles. The molecule has 0 fully saturated rings. The van der Waals surface area contributed by atoms with E-state index in [1.54, 1.807) is 6.08 Å². The lowest BCUT2D eigenvalue weighted by Gasteiger charge is -1.95. The van der Waals surface area contributed by atoms with Gasteiger partial charge in [0.25, 0.3) is 0 Å². The van der Waals surface area contributed by atoms with Crippen molar-refractivity contribution in [3.63, 3.8) is 0 Å². The van der Waals surface area contributed by atoms with Gasteiger partial charge in [0.05, 0.1) is 0 Å². The highest BCUT2D eigenvalue weighted by molar-refractivity contribution is 5.64. The SMILES string of the molecule is C=C(C)C(C=C=CC=O)=CC=CC. The third kappa shape index (κ3) is 5.66. The van der Waals surface area contributed by atoms with Crippen LogP contribution < -0.4 is 0 Å². The topological polar surface area (TPSA) is 17.1 Å². The van der Waals surface area contributed by atoms with Crippen LogP contribution in [0.2, 0.25) is 0 Å². The average molecular weight is 174 g/mol. The van der Waals surface area contributed by atoms with Gasteiger partial charge in [-0.25, -0.2) is 0 Å². The van der Waals surface area contributed by atoms with Crippen LogP contribution in [0.25, 0.3) is 0 Å². The highest BCUT2D eigenvalue weighted by Gasteiger charge is 1.88. The molecule has 0 aromatic heterocycles. The van der Waals surface area contributed by atoms with Gasteiger partial charge in [-0.05, 0) is 25.5 Å². The van der Waals surface area contributed by atoms with Crippen LogP contribution in [0.3, 0.4) is 0 Å². The highest BCUT2D eigenvalue weighted by atomic mass is 16.1. The van der Waals surface area contributed by atoms with E-state index in [-0.39, 0.29) is 0 Å². The number of carbonyl (C=O) groups excluding carboxylic acids is 1. The lowest BCUT2D eigenvalue weighted by atomic mass is 10.1. The van der Waals surface area contributed by atoms with E-state index in [4.69, 9.17) is 0 Å². The fourth-order valence-corrected chi connectivity index (χ4v) is 0.691. The number of hydrogen-bond donors (Lipinski definition) is 0. The van der Waals surface area contributed by atoms with Gasteiger partial charge in [0.15, 0.2) is 6.29 Å². The summed E-state index contributed by atoms with van der Waals surface area (Å²) in [5, 5.41) is 0. The summed E-state index contributed by atoms with van der Waals surface area (Å²) >= 11 is 0. The lowest BCUT2D eigenvalue weighted by molar-refractivity contribution is -0.104. The van der Waals surface area contributed by atoms with E-state index in [0.717, 1.165) is 11.1 Å². The predicted molar refractivity (Wildman–Crippen MR) is 56.4 cm³/mol. The van der Waals surface area contributed by atoms with Crippen LogP contribution in [0.4, 0.5) is 0 Å². The summed E-state index contributed by atoms with van der Waals surface area (Å²) in [6, 6.07) is 0. The van der Waals surface area contributed by atoms with Gasteiger partial charge >= 0.3 is 0 Å². The van der Waals surface area contributed by atoms with E-state index in [9.17, 15) is 4.79 Å². The van der Waals surface area contributed by atoms with Crippen LogP contribution in [0, 0.1) is 0 Å². The molecule has 0 radical (unpaired) electrons. The molecule has 0 saturated heterocycles. The molecule has 0 rings (SSSR count). The summed E-state index contributed by atoms with van der Waals surface area (Å²) in [6.07, 6.45) is 9.53. The van der Waals surface area contributed by atoms with Crippen molar-refractivity contribution in [1.29, 1.82) is 0 Å². The molecule has 0 heterocycles. The maximum Gasteiger partial charge on any atom is 0.150 e. The first-order chi connectivity index (χ1) is 6.22. The minimum Gasteiger partial charge on any atom is -0.298 e. The number of hydrogen-bond acceptors (Lipinski definition) is 1. The van der Waals surface area contributed by atoms with Gasteiger partial charge in [-0.15, -0.1) is 5.73 Å². The Labute approximate surface area is 79.5 Å². The summed E-state index contributed by atoms with van der Waals surface area (Å²) < 4.78 is 0. The van der Waals surface area contributed by atoms with Crippen LogP contribution in [-0.2, 0) is 4.79 Å². The molecule has 0 unspecified atom stereocenters. The minimum absolute atomic E-state index is 0.697. The Hall–Kier alpha value is -1.59. The largest absolute Gasteiger partial charge is 0.298 e. The first-order valence-corrected chi connectivity index (χ1v) is 4.07. The summed E-state index contributed by atoms with van der Waals surface area (Å²) in [4.78, 5) is 9.98. The normalized spacial score (nSPS) is 10.8. The zero-order chi connectivity index (χ0) is 10.1. The first-order valence-electron chi connectivity index (χ1n) is 4.07. The van der Waals surface area contributed by atoms with Crippen molar-refractivity contribution < 1.29 is 4.79 Å². The van der Waals surface area contributed by atoms with Crippen molar-refractivity contribution >= 4 is 6.29 Å². The van der Waals surface area contributed by atoms with Gasteiger partial charge in [-0.1, -0.05) is 30.4 Å². The van der Waals surface area contributed by atoms with Gasteiger partial charge < -0.3 is 0 Å². The van der Waals surface area contributed by atoms with Crippen molar-refractivity contribution in [2.24, 2.45) is 0 Å². The Morgan fingerprint density at radius 2 is 2.15 bits per heavy atom. The van der Waals surface area contributed by atoms with E-state index >= 15 is 0 Å². The van der Waals surface area contributed by atoms with E-state index < -0.39 is 0 Å². The molecule has 0 aromatic carbocycles. The minimum atomic E-state index is 0.697. The molecule has 0 N–H and O–H groups in total. The van der Waals surface area contributed by atoms with Crippen LogP contribution in [0.5, 0.6) is 0 Å². The second-order valence-electron chi connectivity index (χ2n) is 2.54.